The van der Waals surface area contributed by atoms with Gasteiger partial charge in [-0.3, -0.25) is 0 Å². The Morgan fingerprint density at radius 1 is 1.58 bits per heavy atom. The van der Waals surface area contributed by atoms with Crippen LogP contribution in [-0.4, -0.2) is 13.2 Å². The molecular weight excluding hydrogens is 174 g/mol. The third kappa shape index (κ3) is 1.17. The Bertz CT molecular complexity index is 301. The molecule has 64 valence electrons. The molecule has 0 saturated carbocycles. The van der Waals surface area contributed by atoms with Gasteiger partial charge in [0.25, 0.3) is 0 Å². The van der Waals surface area contributed by atoms with Crippen LogP contribution in [0.15, 0.2) is 18.2 Å². The quantitative estimate of drug-likeness (QED) is 0.721. The molecule has 2 nitrogen and oxygen atoms in total. The van der Waals surface area contributed by atoms with Crippen LogP contribution < -0.4 is 10.5 Å². The van der Waals surface area contributed by atoms with Crippen molar-refractivity contribution in [2.24, 2.45) is 5.73 Å². The summed E-state index contributed by atoms with van der Waals surface area (Å²) in [6.07, 6.45) is 0. The smallest absolute Gasteiger partial charge is 0.123 e. The van der Waals surface area contributed by atoms with Gasteiger partial charge in [0.05, 0.1) is 6.61 Å². The van der Waals surface area contributed by atoms with E-state index >= 15 is 0 Å². The second kappa shape index (κ2) is 2.96. The van der Waals surface area contributed by atoms with Crippen LogP contribution in [0, 0.1) is 0 Å². The highest BCUT2D eigenvalue weighted by atomic mass is 35.5. The van der Waals surface area contributed by atoms with E-state index in [0.717, 1.165) is 16.3 Å². The average Bonchev–Trinajstić information content (AvgIpc) is 2.46. The first-order valence-corrected chi connectivity index (χ1v) is 4.31. The van der Waals surface area contributed by atoms with Gasteiger partial charge in [-0.2, -0.15) is 0 Å². The molecule has 1 unspecified atom stereocenters. The SMILES string of the molecule is NCC1COc2ccc(Cl)cc21. The topological polar surface area (TPSA) is 35.2 Å². The first-order valence-electron chi connectivity index (χ1n) is 3.93. The van der Waals surface area contributed by atoms with Crippen LogP contribution in [0.5, 0.6) is 5.75 Å². The molecule has 12 heavy (non-hydrogen) atoms. The van der Waals surface area contributed by atoms with Crippen molar-refractivity contribution in [2.45, 2.75) is 5.92 Å². The molecule has 0 fully saturated rings. The van der Waals surface area contributed by atoms with Gasteiger partial charge in [0.15, 0.2) is 0 Å². The molecule has 1 aromatic carbocycles. The Labute approximate surface area is 76.3 Å². The lowest BCUT2D eigenvalue weighted by Crippen LogP contribution is -2.13. The Hall–Kier alpha value is -0.730. The summed E-state index contributed by atoms with van der Waals surface area (Å²) in [6.45, 7) is 1.31. The summed E-state index contributed by atoms with van der Waals surface area (Å²) in [7, 11) is 0. The van der Waals surface area contributed by atoms with Gasteiger partial charge >= 0.3 is 0 Å². The van der Waals surface area contributed by atoms with E-state index in [2.05, 4.69) is 0 Å². The first-order chi connectivity index (χ1) is 5.81. The van der Waals surface area contributed by atoms with Gasteiger partial charge in [0, 0.05) is 23.0 Å². The summed E-state index contributed by atoms with van der Waals surface area (Å²) in [4.78, 5) is 0. The predicted molar refractivity (Wildman–Crippen MR) is 48.7 cm³/mol. The fourth-order valence-electron chi connectivity index (χ4n) is 1.44. The molecule has 2 rings (SSSR count). The van der Waals surface area contributed by atoms with Crippen LogP contribution in [0.3, 0.4) is 0 Å². The van der Waals surface area contributed by atoms with Gasteiger partial charge in [-0.1, -0.05) is 11.6 Å². The van der Waals surface area contributed by atoms with Crippen molar-refractivity contribution in [3.8, 4) is 5.75 Å². The zero-order chi connectivity index (χ0) is 8.55. The van der Waals surface area contributed by atoms with Gasteiger partial charge in [-0.25, -0.2) is 0 Å². The Morgan fingerprint density at radius 2 is 2.42 bits per heavy atom. The summed E-state index contributed by atoms with van der Waals surface area (Å²) in [5, 5.41) is 0.748. The molecule has 0 saturated heterocycles. The van der Waals surface area contributed by atoms with Crippen LogP contribution in [0.25, 0.3) is 0 Å². The molecule has 1 aromatic rings. The molecular formula is C9H10ClNO. The molecule has 0 radical (unpaired) electrons. The molecule has 1 aliphatic heterocycles. The van der Waals surface area contributed by atoms with E-state index in [1.54, 1.807) is 0 Å². The highest BCUT2D eigenvalue weighted by molar-refractivity contribution is 6.30. The Kier molecular flexibility index (Phi) is 1.95. The van der Waals surface area contributed by atoms with Crippen molar-refractivity contribution < 1.29 is 4.74 Å². The standard InChI is InChI=1S/C9H10ClNO/c10-7-1-2-9-8(3-7)6(4-11)5-12-9/h1-3,6H,4-5,11H2. The van der Waals surface area contributed by atoms with Crippen molar-refractivity contribution in [2.75, 3.05) is 13.2 Å². The molecule has 3 heteroatoms. The number of hydrogen-bond acceptors (Lipinski definition) is 2. The maximum atomic E-state index is 5.85. The van der Waals surface area contributed by atoms with E-state index in [4.69, 9.17) is 22.1 Å². The fraction of sp³-hybridized carbons (Fsp3) is 0.333. The van der Waals surface area contributed by atoms with Crippen LogP contribution in [0.1, 0.15) is 11.5 Å². The normalized spacial score (nSPS) is 20.3. The molecule has 0 amide bonds. The van der Waals surface area contributed by atoms with Gasteiger partial charge in [-0.05, 0) is 18.2 Å². The Morgan fingerprint density at radius 3 is 3.17 bits per heavy atom. The minimum Gasteiger partial charge on any atom is -0.493 e. The maximum Gasteiger partial charge on any atom is 0.123 e. The van der Waals surface area contributed by atoms with Crippen LogP contribution in [0.2, 0.25) is 5.02 Å². The van der Waals surface area contributed by atoms with E-state index in [9.17, 15) is 0 Å². The van der Waals surface area contributed by atoms with Crippen molar-refractivity contribution in [1.29, 1.82) is 0 Å². The minimum absolute atomic E-state index is 0.318. The zero-order valence-corrected chi connectivity index (χ0v) is 7.34. The summed E-state index contributed by atoms with van der Waals surface area (Å²) in [5.41, 5.74) is 6.72. The van der Waals surface area contributed by atoms with Gasteiger partial charge in [0.2, 0.25) is 0 Å². The number of benzene rings is 1. The number of nitrogens with two attached hydrogens (primary N) is 1. The highest BCUT2D eigenvalue weighted by Gasteiger charge is 2.22. The lowest BCUT2D eigenvalue weighted by molar-refractivity contribution is 0.333. The molecule has 1 heterocycles. The number of ether oxygens (including phenoxy) is 1. The third-order valence-corrected chi connectivity index (χ3v) is 2.37. The highest BCUT2D eigenvalue weighted by Crippen LogP contribution is 2.34. The van der Waals surface area contributed by atoms with E-state index in [1.807, 2.05) is 18.2 Å². The summed E-state index contributed by atoms with van der Waals surface area (Å²) < 4.78 is 5.42. The van der Waals surface area contributed by atoms with E-state index in [-0.39, 0.29) is 0 Å². The van der Waals surface area contributed by atoms with Gasteiger partial charge in [0.1, 0.15) is 5.75 Å². The molecule has 0 spiro atoms. The van der Waals surface area contributed by atoms with Crippen LogP contribution in [0.4, 0.5) is 0 Å². The largest absolute Gasteiger partial charge is 0.493 e. The monoisotopic (exact) mass is 183 g/mol. The van der Waals surface area contributed by atoms with Gasteiger partial charge < -0.3 is 10.5 Å². The molecule has 0 bridgehead atoms. The molecule has 1 atom stereocenters. The number of rotatable bonds is 1. The Balaban J connectivity index is 2.42. The first kappa shape index (κ1) is 7.90. The maximum absolute atomic E-state index is 5.85. The number of halogens is 1. The van der Waals surface area contributed by atoms with Crippen LogP contribution >= 0.6 is 11.6 Å². The summed E-state index contributed by atoms with van der Waals surface area (Å²) in [5.74, 6) is 1.24. The number of fused-ring (bicyclic) bond motifs is 1. The molecule has 0 aliphatic carbocycles. The zero-order valence-electron chi connectivity index (χ0n) is 6.59. The van der Waals surface area contributed by atoms with Crippen molar-refractivity contribution in [1.82, 2.24) is 0 Å². The lowest BCUT2D eigenvalue weighted by Gasteiger charge is -2.03. The average molecular weight is 184 g/mol. The van der Waals surface area contributed by atoms with Crippen molar-refractivity contribution in [3.63, 3.8) is 0 Å². The summed E-state index contributed by atoms with van der Waals surface area (Å²) >= 11 is 5.85. The molecule has 2 N–H and O–H groups in total. The third-order valence-electron chi connectivity index (χ3n) is 2.14. The van der Waals surface area contributed by atoms with Gasteiger partial charge in [-0.15, -0.1) is 0 Å². The van der Waals surface area contributed by atoms with E-state index < -0.39 is 0 Å². The van der Waals surface area contributed by atoms with E-state index in [1.165, 1.54) is 0 Å². The van der Waals surface area contributed by atoms with Crippen molar-refractivity contribution in [3.05, 3.63) is 28.8 Å². The fourth-order valence-corrected chi connectivity index (χ4v) is 1.63. The predicted octanol–water partition coefficient (Wildman–Crippen LogP) is 1.77. The number of hydrogen-bond donors (Lipinski definition) is 1. The second-order valence-corrected chi connectivity index (χ2v) is 3.36. The van der Waals surface area contributed by atoms with Crippen molar-refractivity contribution >= 4 is 11.6 Å². The molecule has 1 aliphatic rings. The van der Waals surface area contributed by atoms with Crippen LogP contribution in [-0.2, 0) is 0 Å². The minimum atomic E-state index is 0.318. The van der Waals surface area contributed by atoms with E-state index in [0.29, 0.717) is 19.1 Å². The lowest BCUT2D eigenvalue weighted by atomic mass is 10.0. The molecule has 0 aromatic heterocycles. The summed E-state index contributed by atoms with van der Waals surface area (Å²) in [6, 6.07) is 5.66. The second-order valence-electron chi connectivity index (χ2n) is 2.93.